The summed E-state index contributed by atoms with van der Waals surface area (Å²) in [4.78, 5) is 4.46. The van der Waals surface area contributed by atoms with Crippen molar-refractivity contribution in [2.24, 2.45) is 0 Å². The zero-order valence-corrected chi connectivity index (χ0v) is 11.5. The van der Waals surface area contributed by atoms with Gasteiger partial charge in [-0.05, 0) is 26.0 Å². The molecule has 2 aromatic heterocycles. The van der Waals surface area contributed by atoms with Gasteiger partial charge in [-0.1, -0.05) is 5.16 Å². The van der Waals surface area contributed by atoms with Crippen LogP contribution in [0.3, 0.4) is 0 Å². The van der Waals surface area contributed by atoms with Crippen LogP contribution in [-0.2, 0) is 6.54 Å². The van der Waals surface area contributed by atoms with Crippen LogP contribution in [0.15, 0.2) is 22.7 Å². The molecular formula is C13H14N4OS. The van der Waals surface area contributed by atoms with E-state index >= 15 is 0 Å². The van der Waals surface area contributed by atoms with Crippen molar-refractivity contribution in [1.29, 1.82) is 0 Å². The van der Waals surface area contributed by atoms with Gasteiger partial charge in [0.15, 0.2) is 0 Å². The van der Waals surface area contributed by atoms with Crippen LogP contribution in [0.25, 0.3) is 10.2 Å². The highest BCUT2D eigenvalue weighted by molar-refractivity contribution is 7.18. The van der Waals surface area contributed by atoms with E-state index in [-0.39, 0.29) is 0 Å². The van der Waals surface area contributed by atoms with Crippen molar-refractivity contribution in [2.45, 2.75) is 20.4 Å². The van der Waals surface area contributed by atoms with Gasteiger partial charge in [-0.15, -0.1) is 11.3 Å². The first kappa shape index (κ1) is 12.0. The highest BCUT2D eigenvalue weighted by Gasteiger charge is 2.07. The molecule has 5 nitrogen and oxygen atoms in total. The molecule has 0 aliphatic rings. The van der Waals surface area contributed by atoms with E-state index < -0.39 is 0 Å². The van der Waals surface area contributed by atoms with E-state index in [1.807, 2.05) is 32.0 Å². The molecule has 0 amide bonds. The molecule has 0 bridgehead atoms. The van der Waals surface area contributed by atoms with E-state index in [1.165, 1.54) is 0 Å². The van der Waals surface area contributed by atoms with Crippen LogP contribution in [0.2, 0.25) is 0 Å². The largest absolute Gasteiger partial charge is 0.397 e. The number of rotatable bonds is 3. The number of aryl methyl sites for hydroxylation is 2. The van der Waals surface area contributed by atoms with E-state index in [9.17, 15) is 0 Å². The Balaban J connectivity index is 1.85. The average Bonchev–Trinajstić information content (AvgIpc) is 2.91. The maximum atomic E-state index is 6.04. The van der Waals surface area contributed by atoms with Crippen LogP contribution in [0.5, 0.6) is 0 Å². The topological polar surface area (TPSA) is 77.0 Å². The molecule has 98 valence electrons. The zero-order chi connectivity index (χ0) is 13.4. The van der Waals surface area contributed by atoms with E-state index in [0.717, 1.165) is 38.1 Å². The quantitative estimate of drug-likeness (QED) is 0.718. The molecule has 0 unspecified atom stereocenters. The summed E-state index contributed by atoms with van der Waals surface area (Å²) in [5.74, 6) is 0.801. The van der Waals surface area contributed by atoms with Crippen LogP contribution in [0.1, 0.15) is 16.5 Å². The van der Waals surface area contributed by atoms with Crippen LogP contribution in [0.4, 0.5) is 11.4 Å². The summed E-state index contributed by atoms with van der Waals surface area (Å²) in [5.41, 5.74) is 9.45. The molecule has 6 heteroatoms. The summed E-state index contributed by atoms with van der Waals surface area (Å²) in [6.45, 7) is 4.44. The van der Waals surface area contributed by atoms with E-state index in [2.05, 4.69) is 15.5 Å². The van der Waals surface area contributed by atoms with Gasteiger partial charge >= 0.3 is 0 Å². The molecule has 0 aliphatic carbocycles. The van der Waals surface area contributed by atoms with Crippen LogP contribution < -0.4 is 11.1 Å². The van der Waals surface area contributed by atoms with Gasteiger partial charge in [-0.25, -0.2) is 4.98 Å². The summed E-state index contributed by atoms with van der Waals surface area (Å²) in [6, 6.07) is 5.83. The van der Waals surface area contributed by atoms with Gasteiger partial charge in [0.05, 0.1) is 33.1 Å². The first-order chi connectivity index (χ1) is 9.11. The molecule has 3 rings (SSSR count). The third-order valence-electron chi connectivity index (χ3n) is 2.80. The highest BCUT2D eigenvalue weighted by Crippen LogP contribution is 2.29. The van der Waals surface area contributed by atoms with Crippen molar-refractivity contribution in [1.82, 2.24) is 10.1 Å². The predicted molar refractivity (Wildman–Crippen MR) is 77.3 cm³/mol. The predicted octanol–water partition coefficient (Wildman–Crippen LogP) is 3.10. The lowest BCUT2D eigenvalue weighted by atomic mass is 10.2. The second-order valence-corrected chi connectivity index (χ2v) is 5.66. The number of thiazole rings is 1. The summed E-state index contributed by atoms with van der Waals surface area (Å²) in [5, 5.41) is 8.24. The number of nitrogens with one attached hydrogen (secondary N) is 1. The Morgan fingerprint density at radius 3 is 2.89 bits per heavy atom. The van der Waals surface area contributed by atoms with Gasteiger partial charge in [0.2, 0.25) is 0 Å². The number of hydrogen-bond acceptors (Lipinski definition) is 6. The zero-order valence-electron chi connectivity index (χ0n) is 10.7. The van der Waals surface area contributed by atoms with E-state index in [0.29, 0.717) is 6.54 Å². The monoisotopic (exact) mass is 274 g/mol. The number of fused-ring (bicyclic) bond motifs is 1. The van der Waals surface area contributed by atoms with Gasteiger partial charge in [0.1, 0.15) is 11.5 Å². The second-order valence-electron chi connectivity index (χ2n) is 4.42. The number of nitrogen functional groups attached to an aromatic ring is 1. The van der Waals surface area contributed by atoms with E-state index in [1.54, 1.807) is 11.3 Å². The lowest BCUT2D eigenvalue weighted by Crippen LogP contribution is -2.02. The fourth-order valence-electron chi connectivity index (χ4n) is 1.94. The smallest absolute Gasteiger partial charge is 0.133 e. The van der Waals surface area contributed by atoms with Gasteiger partial charge in [-0.2, -0.15) is 0 Å². The van der Waals surface area contributed by atoms with Gasteiger partial charge in [-0.3, -0.25) is 0 Å². The minimum absolute atomic E-state index is 0.580. The minimum atomic E-state index is 0.580. The first-order valence-electron chi connectivity index (χ1n) is 5.94. The number of benzene rings is 1. The minimum Gasteiger partial charge on any atom is -0.397 e. The third-order valence-corrected chi connectivity index (χ3v) is 3.74. The van der Waals surface area contributed by atoms with Crippen LogP contribution >= 0.6 is 11.3 Å². The van der Waals surface area contributed by atoms with Crippen molar-refractivity contribution < 1.29 is 4.52 Å². The fourth-order valence-corrected chi connectivity index (χ4v) is 2.80. The van der Waals surface area contributed by atoms with Gasteiger partial charge < -0.3 is 15.6 Å². The molecule has 0 aliphatic heterocycles. The van der Waals surface area contributed by atoms with Gasteiger partial charge in [0, 0.05) is 6.07 Å². The Kier molecular flexibility index (Phi) is 2.87. The molecule has 3 N–H and O–H groups in total. The van der Waals surface area contributed by atoms with Crippen molar-refractivity contribution in [2.75, 3.05) is 11.1 Å². The lowest BCUT2D eigenvalue weighted by Gasteiger charge is -2.07. The second kappa shape index (κ2) is 4.55. The number of nitrogens with two attached hydrogens (primary N) is 1. The summed E-state index contributed by atoms with van der Waals surface area (Å²) in [6.07, 6.45) is 0. The van der Waals surface area contributed by atoms with Crippen molar-refractivity contribution in [3.63, 3.8) is 0 Å². The molecule has 2 heterocycles. The number of anilines is 2. The molecule has 0 saturated carbocycles. The molecule has 0 fully saturated rings. The molecule has 0 radical (unpaired) electrons. The normalized spacial score (nSPS) is 11.1. The molecule has 0 spiro atoms. The Bertz CT molecular complexity index is 731. The lowest BCUT2D eigenvalue weighted by molar-refractivity contribution is 0.391. The Morgan fingerprint density at radius 2 is 2.16 bits per heavy atom. The Hall–Kier alpha value is -2.08. The van der Waals surface area contributed by atoms with Crippen molar-refractivity contribution >= 4 is 32.9 Å². The average molecular weight is 274 g/mol. The molecule has 3 aromatic rings. The first-order valence-corrected chi connectivity index (χ1v) is 6.76. The molecule has 19 heavy (non-hydrogen) atoms. The summed E-state index contributed by atoms with van der Waals surface area (Å²) < 4.78 is 6.13. The molecule has 0 saturated heterocycles. The third kappa shape index (κ3) is 2.39. The number of nitrogens with zero attached hydrogens (tertiary/aromatic N) is 2. The Labute approximate surface area is 114 Å². The highest BCUT2D eigenvalue weighted by atomic mass is 32.1. The molecule has 0 atom stereocenters. The van der Waals surface area contributed by atoms with E-state index in [4.69, 9.17) is 10.3 Å². The van der Waals surface area contributed by atoms with Crippen LogP contribution in [0, 0.1) is 13.8 Å². The maximum absolute atomic E-state index is 6.04. The molecular weight excluding hydrogens is 260 g/mol. The standard InChI is InChI=1S/C13H14N4OS/c1-7-3-9(17-18-7)6-15-11-5-12-13(4-10(11)14)19-8(2)16-12/h3-5,15H,6,14H2,1-2H3. The Morgan fingerprint density at radius 1 is 1.32 bits per heavy atom. The van der Waals surface area contributed by atoms with Crippen molar-refractivity contribution in [3.05, 3.63) is 34.7 Å². The van der Waals surface area contributed by atoms with Gasteiger partial charge in [0.25, 0.3) is 0 Å². The van der Waals surface area contributed by atoms with Crippen LogP contribution in [-0.4, -0.2) is 10.1 Å². The van der Waals surface area contributed by atoms with Crippen molar-refractivity contribution in [3.8, 4) is 0 Å². The maximum Gasteiger partial charge on any atom is 0.133 e. The fraction of sp³-hybridized carbons (Fsp3) is 0.231. The summed E-state index contributed by atoms with van der Waals surface area (Å²) in [7, 11) is 0. The molecule has 1 aromatic carbocycles. The number of aromatic nitrogens is 2. The summed E-state index contributed by atoms with van der Waals surface area (Å²) >= 11 is 1.65. The SMILES string of the molecule is Cc1cc(CNc2cc3nc(C)sc3cc2N)no1. The number of hydrogen-bond donors (Lipinski definition) is 2.